The molecule has 4 rings (SSSR count). The van der Waals surface area contributed by atoms with Crippen molar-refractivity contribution < 1.29 is 17.4 Å². The van der Waals surface area contributed by atoms with E-state index in [0.717, 1.165) is 0 Å². The van der Waals surface area contributed by atoms with Crippen molar-refractivity contribution in [2.45, 2.75) is 47.5 Å². The second-order valence-corrected chi connectivity index (χ2v) is 39.8. The summed E-state index contributed by atoms with van der Waals surface area (Å²) < 4.78 is 7.82. The molecule has 150 valence electrons. The Labute approximate surface area is 179 Å². The van der Waals surface area contributed by atoms with Gasteiger partial charge in [-0.2, -0.15) is 0 Å². The van der Waals surface area contributed by atoms with Gasteiger partial charge >= 0.3 is 180 Å². The van der Waals surface area contributed by atoms with Gasteiger partial charge in [0.1, 0.15) is 0 Å². The van der Waals surface area contributed by atoms with E-state index >= 15 is 0 Å². The SMILES string of the molecule is CC1=C(C)C(C)[C]([Zr]([CH3])([CH3])(=[SiH2])[CH]2C(C)=C(c3ccccc3)c3ccccc32)=C1C. The van der Waals surface area contributed by atoms with Crippen molar-refractivity contribution in [3.63, 3.8) is 0 Å². The van der Waals surface area contributed by atoms with Gasteiger partial charge in [0, 0.05) is 0 Å². The van der Waals surface area contributed by atoms with Gasteiger partial charge in [-0.3, -0.25) is 0 Å². The summed E-state index contributed by atoms with van der Waals surface area (Å²) in [5.41, 5.74) is 12.2. The molecule has 0 radical (unpaired) electrons. The maximum absolute atomic E-state index is 3.35. The molecule has 0 spiro atoms. The van der Waals surface area contributed by atoms with Gasteiger partial charge in [-0.05, 0) is 0 Å². The first kappa shape index (κ1) is 21.0. The molecule has 2 aliphatic rings. The zero-order valence-corrected chi connectivity index (χ0v) is 22.9. The van der Waals surface area contributed by atoms with Gasteiger partial charge in [0.05, 0.1) is 0 Å². The van der Waals surface area contributed by atoms with Gasteiger partial charge < -0.3 is 0 Å². The Kier molecular flexibility index (Phi) is 4.99. The summed E-state index contributed by atoms with van der Waals surface area (Å²) in [7, 11) is 0. The summed E-state index contributed by atoms with van der Waals surface area (Å²) in [6, 6.07) is 20.2. The van der Waals surface area contributed by atoms with Crippen molar-refractivity contribution in [1.29, 1.82) is 0 Å². The van der Waals surface area contributed by atoms with Crippen LogP contribution in [0.4, 0.5) is 0 Å². The van der Waals surface area contributed by atoms with Gasteiger partial charge in [0.25, 0.3) is 0 Å². The van der Waals surface area contributed by atoms with E-state index < -0.39 is 17.4 Å². The number of hydrogen-bond donors (Lipinski definition) is 0. The van der Waals surface area contributed by atoms with Crippen molar-refractivity contribution in [2.24, 2.45) is 5.92 Å². The first-order valence-electron chi connectivity index (χ1n) is 10.9. The fourth-order valence-electron chi connectivity index (χ4n) is 6.59. The molecule has 0 saturated heterocycles. The van der Waals surface area contributed by atoms with E-state index in [4.69, 9.17) is 0 Å². The Hall–Kier alpha value is -1.24. The molecule has 29 heavy (non-hydrogen) atoms. The average molecular weight is 478 g/mol. The number of fused-ring (bicyclic) bond motifs is 1. The van der Waals surface area contributed by atoms with Crippen LogP contribution in [0.2, 0.25) is 9.26 Å². The minimum absolute atomic E-state index is 0.576. The molecule has 0 aliphatic heterocycles. The Morgan fingerprint density at radius 3 is 1.93 bits per heavy atom. The third-order valence-electron chi connectivity index (χ3n) is 7.88. The van der Waals surface area contributed by atoms with E-state index in [1.165, 1.54) is 16.7 Å². The van der Waals surface area contributed by atoms with Crippen LogP contribution in [0, 0.1) is 5.92 Å². The molecule has 2 heteroatoms. The van der Waals surface area contributed by atoms with Crippen molar-refractivity contribution in [3.05, 3.63) is 96.9 Å². The first-order chi connectivity index (χ1) is 13.5. The number of hydrogen-bond acceptors (Lipinski definition) is 0. The van der Waals surface area contributed by atoms with E-state index in [9.17, 15) is 0 Å². The molecular formula is C27H34SiZr. The molecule has 0 saturated carbocycles. The molecule has 2 aliphatic carbocycles. The Morgan fingerprint density at radius 1 is 0.759 bits per heavy atom. The van der Waals surface area contributed by atoms with Crippen molar-refractivity contribution in [3.8, 4) is 0 Å². The van der Waals surface area contributed by atoms with Crippen LogP contribution < -0.4 is 0 Å². The minimum atomic E-state index is -3.35. The summed E-state index contributed by atoms with van der Waals surface area (Å²) in [5, 5.41) is 0. The molecule has 0 heterocycles. The predicted molar refractivity (Wildman–Crippen MR) is 128 cm³/mol. The molecule has 0 fully saturated rings. The van der Waals surface area contributed by atoms with Gasteiger partial charge in [0.15, 0.2) is 0 Å². The third-order valence-corrected chi connectivity index (χ3v) is 25.3. The fourth-order valence-corrected chi connectivity index (χ4v) is 28.2. The number of allylic oxidation sites excluding steroid dienone is 5. The molecule has 0 amide bonds. The van der Waals surface area contributed by atoms with Crippen LogP contribution in [0.3, 0.4) is 0 Å². The van der Waals surface area contributed by atoms with Crippen LogP contribution in [-0.2, 0) is 17.4 Å². The molecule has 2 aromatic rings. The zero-order chi connectivity index (χ0) is 21.2. The maximum atomic E-state index is 2.71. The van der Waals surface area contributed by atoms with Crippen LogP contribution in [-0.4, -0.2) is 6.88 Å². The first-order valence-corrected chi connectivity index (χ1v) is 24.3. The fraction of sp³-hybridized carbons (Fsp3) is 0.333. The molecule has 0 nitrogen and oxygen atoms in total. The normalized spacial score (nSPS) is 22.6. The monoisotopic (exact) mass is 476 g/mol. The van der Waals surface area contributed by atoms with E-state index in [1.807, 2.05) is 3.28 Å². The summed E-state index contributed by atoms with van der Waals surface area (Å²) in [4.78, 5) is 0. The van der Waals surface area contributed by atoms with E-state index in [-0.39, 0.29) is 0 Å². The Morgan fingerprint density at radius 2 is 1.34 bits per heavy atom. The second kappa shape index (κ2) is 6.89. The molecular weight excluding hydrogens is 444 g/mol. The molecule has 2 unspecified atom stereocenters. The number of rotatable bonds is 3. The standard InChI is InChI=1S/C16H13.C9H13.2CH3.H2Si.Zr/c1-12-11-14-9-5-6-10-15(14)16(12)13-7-3-2-4-8-13;1-6-5-7(2)9(4)8(6)3;;;;/h2-11H,1H3;6H,1-4H3;2*1H3;1H2;. The molecule has 0 aromatic heterocycles. The molecule has 0 bridgehead atoms. The second-order valence-electron chi connectivity index (χ2n) is 10.3. The summed E-state index contributed by atoms with van der Waals surface area (Å²) in [6.07, 6.45) is 0. The van der Waals surface area contributed by atoms with Crippen molar-refractivity contribution in [1.82, 2.24) is 0 Å². The van der Waals surface area contributed by atoms with Crippen LogP contribution >= 0.6 is 0 Å². The Bertz CT molecular complexity index is 1170. The average Bonchev–Trinajstić information content (AvgIpc) is 3.09. The van der Waals surface area contributed by atoms with Crippen LogP contribution in [0.15, 0.2) is 80.2 Å². The summed E-state index contributed by atoms with van der Waals surface area (Å²) in [5.74, 6) is 0.592. The van der Waals surface area contributed by atoms with Crippen LogP contribution in [0.1, 0.15) is 54.9 Å². The topological polar surface area (TPSA) is 0 Å². The summed E-state index contributed by atoms with van der Waals surface area (Å²) in [6.45, 7) is 14.4. The third kappa shape index (κ3) is 3.02. The van der Waals surface area contributed by atoms with Gasteiger partial charge in [0.2, 0.25) is 0 Å². The van der Waals surface area contributed by atoms with E-state index in [1.54, 1.807) is 27.9 Å². The predicted octanol–water partition coefficient (Wildman–Crippen LogP) is 7.16. The van der Waals surface area contributed by atoms with E-state index in [0.29, 0.717) is 9.54 Å². The summed E-state index contributed by atoms with van der Waals surface area (Å²) >= 11 is -3.35. The van der Waals surface area contributed by atoms with Crippen molar-refractivity contribution in [2.75, 3.05) is 0 Å². The van der Waals surface area contributed by atoms with Crippen LogP contribution in [0.5, 0.6) is 0 Å². The number of benzene rings is 2. The zero-order valence-electron chi connectivity index (χ0n) is 19.1. The Balaban J connectivity index is 2.00. The van der Waals surface area contributed by atoms with Crippen molar-refractivity contribution >= 4 is 12.5 Å². The molecule has 2 aromatic carbocycles. The van der Waals surface area contributed by atoms with Crippen LogP contribution in [0.25, 0.3) is 5.57 Å². The van der Waals surface area contributed by atoms with Gasteiger partial charge in [-0.15, -0.1) is 0 Å². The molecule has 0 N–H and O–H groups in total. The quantitative estimate of drug-likeness (QED) is 0.411. The van der Waals surface area contributed by atoms with E-state index in [2.05, 4.69) is 105 Å². The van der Waals surface area contributed by atoms with Gasteiger partial charge in [-0.1, -0.05) is 0 Å². The van der Waals surface area contributed by atoms with Gasteiger partial charge in [-0.25, -0.2) is 0 Å². The molecule has 2 atom stereocenters.